The van der Waals surface area contributed by atoms with E-state index in [9.17, 15) is 4.79 Å². The Bertz CT molecular complexity index is 1140. The Kier molecular flexibility index (Phi) is 13.3. The number of carbonyl (C=O) groups is 1. The molecule has 0 saturated carbocycles. The van der Waals surface area contributed by atoms with Crippen molar-refractivity contribution < 1.29 is 23.5 Å². The van der Waals surface area contributed by atoms with Crippen molar-refractivity contribution in [2.24, 2.45) is 0 Å². The summed E-state index contributed by atoms with van der Waals surface area (Å²) in [5.74, 6) is 1.73. The second-order valence-electron chi connectivity index (χ2n) is 11.7. The topological polar surface area (TPSA) is 44.8 Å². The molecule has 5 heteroatoms. The summed E-state index contributed by atoms with van der Waals surface area (Å²) in [4.78, 5) is 13.4. The van der Waals surface area contributed by atoms with Gasteiger partial charge in [0.1, 0.15) is 18.1 Å². The van der Waals surface area contributed by atoms with Crippen LogP contribution >= 0.6 is 0 Å². The van der Waals surface area contributed by atoms with Crippen LogP contribution in [-0.4, -0.2) is 49.3 Å². The largest absolute Gasteiger partial charge is 0.494 e. The third-order valence-electron chi connectivity index (χ3n) is 8.45. The fraction of sp³-hybridized carbons (Fsp3) is 0.486. The zero-order valence-electron chi connectivity index (χ0n) is 25.6. The van der Waals surface area contributed by atoms with Gasteiger partial charge in [0.05, 0.1) is 32.8 Å². The number of hydrogen-bond acceptors (Lipinski definition) is 4. The maximum absolute atomic E-state index is 13.4. The quantitative estimate of drug-likeness (QED) is 0.0826. The van der Waals surface area contributed by atoms with Crippen molar-refractivity contribution in [1.82, 2.24) is 0 Å². The molecule has 0 aliphatic carbocycles. The summed E-state index contributed by atoms with van der Waals surface area (Å²) in [5, 5.41) is 0. The Morgan fingerprint density at radius 1 is 0.690 bits per heavy atom. The highest BCUT2D eigenvalue weighted by molar-refractivity contribution is 5.75. The summed E-state index contributed by atoms with van der Waals surface area (Å²) in [6.07, 6.45) is 10.8. The van der Waals surface area contributed by atoms with E-state index < -0.39 is 0 Å². The van der Waals surface area contributed by atoms with Crippen LogP contribution in [0.5, 0.6) is 11.5 Å². The predicted molar refractivity (Wildman–Crippen MR) is 170 cm³/mol. The molecule has 4 rings (SSSR count). The number of rotatable bonds is 19. The van der Waals surface area contributed by atoms with Gasteiger partial charge < -0.3 is 18.7 Å². The van der Waals surface area contributed by atoms with Crippen LogP contribution in [0.4, 0.5) is 0 Å². The molecule has 0 spiro atoms. The highest BCUT2D eigenvalue weighted by Crippen LogP contribution is 2.28. The van der Waals surface area contributed by atoms with Crippen molar-refractivity contribution in [2.75, 3.05) is 32.8 Å². The van der Waals surface area contributed by atoms with Crippen molar-refractivity contribution in [1.29, 1.82) is 0 Å². The Hall–Kier alpha value is -3.31. The molecule has 0 N–H and O–H groups in total. The average Bonchev–Trinajstić information content (AvgIpc) is 3.50. The van der Waals surface area contributed by atoms with E-state index in [-0.39, 0.29) is 12.0 Å². The highest BCUT2D eigenvalue weighted by atomic mass is 16.5. The Morgan fingerprint density at radius 2 is 1.24 bits per heavy atom. The molecule has 3 aromatic carbocycles. The summed E-state index contributed by atoms with van der Waals surface area (Å²) in [6.45, 7) is 7.31. The van der Waals surface area contributed by atoms with E-state index >= 15 is 0 Å². The first-order valence-electron chi connectivity index (χ1n) is 16.1. The number of benzene rings is 3. The van der Waals surface area contributed by atoms with E-state index in [4.69, 9.17) is 14.2 Å². The van der Waals surface area contributed by atoms with E-state index in [1.807, 2.05) is 48.5 Å². The zero-order valence-corrected chi connectivity index (χ0v) is 25.6. The monoisotopic (exact) mass is 572 g/mol. The number of nitrogens with zero attached hydrogens (tertiary/aromatic N) is 1. The second-order valence-corrected chi connectivity index (χ2v) is 11.7. The molecule has 1 unspecified atom stereocenters. The van der Waals surface area contributed by atoms with Crippen molar-refractivity contribution in [3.05, 3.63) is 96.1 Å². The summed E-state index contributed by atoms with van der Waals surface area (Å²) in [7, 11) is 0. The first-order valence-corrected chi connectivity index (χ1v) is 16.1. The van der Waals surface area contributed by atoms with Crippen LogP contribution in [-0.2, 0) is 22.6 Å². The maximum atomic E-state index is 13.4. The zero-order chi connectivity index (χ0) is 29.3. The SMILES string of the molecule is CCC[N+]1(C(Cc2ccccc2)C(=O)OCCCCCCCCOc2ccc(OCc3ccccc3)cc2)CCCC1. The van der Waals surface area contributed by atoms with Gasteiger partial charge in [-0.05, 0) is 54.7 Å². The van der Waals surface area contributed by atoms with Crippen LogP contribution in [0.25, 0.3) is 0 Å². The van der Waals surface area contributed by atoms with Gasteiger partial charge in [-0.2, -0.15) is 0 Å². The Labute approximate surface area is 253 Å². The number of likely N-dealkylation sites (tertiary alicyclic amines) is 1. The molecule has 0 amide bonds. The molecule has 1 atom stereocenters. The van der Waals surface area contributed by atoms with Crippen LogP contribution < -0.4 is 9.47 Å². The fourth-order valence-electron chi connectivity index (χ4n) is 6.18. The van der Waals surface area contributed by atoms with Crippen LogP contribution in [0, 0.1) is 0 Å². The molecule has 0 bridgehead atoms. The molecule has 0 aromatic heterocycles. The average molecular weight is 573 g/mol. The van der Waals surface area contributed by atoms with Gasteiger partial charge in [0, 0.05) is 19.3 Å². The third-order valence-corrected chi connectivity index (χ3v) is 8.45. The summed E-state index contributed by atoms with van der Waals surface area (Å²) in [5.41, 5.74) is 2.39. The van der Waals surface area contributed by atoms with Crippen LogP contribution in [0.2, 0.25) is 0 Å². The molecule has 5 nitrogen and oxygen atoms in total. The van der Waals surface area contributed by atoms with Gasteiger partial charge in [0.25, 0.3) is 0 Å². The molecule has 1 aliphatic heterocycles. The summed E-state index contributed by atoms with van der Waals surface area (Å²) >= 11 is 0. The Morgan fingerprint density at radius 3 is 1.86 bits per heavy atom. The molecule has 1 saturated heterocycles. The number of unbranched alkanes of at least 4 members (excludes halogenated alkanes) is 5. The Balaban J connectivity index is 1.07. The van der Waals surface area contributed by atoms with Gasteiger partial charge in [0.15, 0.2) is 6.04 Å². The minimum absolute atomic E-state index is 0.00198. The van der Waals surface area contributed by atoms with E-state index in [2.05, 4.69) is 43.3 Å². The van der Waals surface area contributed by atoms with Crippen LogP contribution in [0.15, 0.2) is 84.9 Å². The van der Waals surface area contributed by atoms with Gasteiger partial charge in [0.2, 0.25) is 0 Å². The molecular formula is C37H50NO4+. The molecule has 226 valence electrons. The number of quaternary nitrogens is 1. The van der Waals surface area contributed by atoms with Crippen molar-refractivity contribution in [3.8, 4) is 11.5 Å². The van der Waals surface area contributed by atoms with Crippen LogP contribution in [0.3, 0.4) is 0 Å². The third kappa shape index (κ3) is 10.2. The lowest BCUT2D eigenvalue weighted by Crippen LogP contribution is -2.58. The van der Waals surface area contributed by atoms with Crippen molar-refractivity contribution in [2.45, 2.75) is 83.8 Å². The van der Waals surface area contributed by atoms with Crippen LogP contribution in [0.1, 0.15) is 75.8 Å². The van der Waals surface area contributed by atoms with E-state index in [1.165, 1.54) is 24.8 Å². The lowest BCUT2D eigenvalue weighted by molar-refractivity contribution is -0.932. The van der Waals surface area contributed by atoms with E-state index in [1.54, 1.807) is 0 Å². The lowest BCUT2D eigenvalue weighted by atomic mass is 10.0. The molecule has 1 fully saturated rings. The number of carbonyl (C=O) groups excluding carboxylic acids is 1. The minimum atomic E-state index is -0.0899. The first kappa shape index (κ1) is 31.6. The normalized spacial score (nSPS) is 14.8. The molecule has 1 heterocycles. The molecule has 0 radical (unpaired) electrons. The minimum Gasteiger partial charge on any atom is -0.494 e. The molecule has 1 aliphatic rings. The fourth-order valence-corrected chi connectivity index (χ4v) is 6.18. The van der Waals surface area contributed by atoms with Crippen molar-refractivity contribution >= 4 is 5.97 Å². The van der Waals surface area contributed by atoms with Crippen molar-refractivity contribution in [3.63, 3.8) is 0 Å². The number of ether oxygens (including phenoxy) is 3. The van der Waals surface area contributed by atoms with E-state index in [0.29, 0.717) is 13.2 Å². The van der Waals surface area contributed by atoms with Gasteiger partial charge in [-0.25, -0.2) is 4.79 Å². The van der Waals surface area contributed by atoms with E-state index in [0.717, 1.165) is 92.7 Å². The predicted octanol–water partition coefficient (Wildman–Crippen LogP) is 8.16. The number of hydrogen-bond donors (Lipinski definition) is 0. The smallest absolute Gasteiger partial charge is 0.365 e. The maximum Gasteiger partial charge on any atom is 0.365 e. The second kappa shape index (κ2) is 17.6. The molecular weight excluding hydrogens is 522 g/mol. The first-order chi connectivity index (χ1) is 20.7. The highest BCUT2D eigenvalue weighted by Gasteiger charge is 2.44. The standard InChI is InChI=1S/C37H50NO4/c1-2-25-38(26-13-14-27-38)36(30-32-17-9-7-10-18-32)37(39)41-29-16-6-4-3-5-15-28-40-34-21-23-35(24-22-34)42-31-33-19-11-8-12-20-33/h7-12,17-24,36H,2-6,13-16,25-31H2,1H3/q+1. The molecule has 3 aromatic rings. The lowest BCUT2D eigenvalue weighted by Gasteiger charge is -2.40. The number of esters is 1. The summed E-state index contributed by atoms with van der Waals surface area (Å²) < 4.78 is 18.6. The molecule has 42 heavy (non-hydrogen) atoms. The van der Waals surface area contributed by atoms with Gasteiger partial charge in [-0.1, -0.05) is 93.3 Å². The van der Waals surface area contributed by atoms with Gasteiger partial charge >= 0.3 is 5.97 Å². The van der Waals surface area contributed by atoms with Gasteiger partial charge in [-0.15, -0.1) is 0 Å². The van der Waals surface area contributed by atoms with Gasteiger partial charge in [-0.3, -0.25) is 0 Å². The summed E-state index contributed by atoms with van der Waals surface area (Å²) in [6, 6.07) is 28.4.